The van der Waals surface area contributed by atoms with Gasteiger partial charge in [0.15, 0.2) is 8.32 Å². The Morgan fingerprint density at radius 3 is 2.22 bits per heavy atom. The van der Waals surface area contributed by atoms with Gasteiger partial charge in [-0.25, -0.2) is 0 Å². The maximum Gasteiger partial charge on any atom is 0.192 e. The third-order valence-corrected chi connectivity index (χ3v) is 8.55. The number of nitrogen functional groups attached to an aromatic ring is 1. The van der Waals surface area contributed by atoms with Crippen molar-refractivity contribution in [1.82, 2.24) is 9.78 Å². The molecule has 0 bridgehead atoms. The van der Waals surface area contributed by atoms with Gasteiger partial charge in [-0.2, -0.15) is 5.10 Å². The zero-order chi connectivity index (χ0) is 14.1. The summed E-state index contributed by atoms with van der Waals surface area (Å²) in [7, 11) is -1.66. The quantitative estimate of drug-likeness (QED) is 0.855. The SMILES string of the molecule is Cc1nn(CCO[Si](C)(C)C(C)(C)C)c(C)c1N. The zero-order valence-corrected chi connectivity index (χ0v) is 13.8. The van der Waals surface area contributed by atoms with Crippen molar-refractivity contribution in [2.24, 2.45) is 0 Å². The van der Waals surface area contributed by atoms with Crippen LogP contribution in [0.1, 0.15) is 32.2 Å². The van der Waals surface area contributed by atoms with Gasteiger partial charge in [-0.1, -0.05) is 20.8 Å². The van der Waals surface area contributed by atoms with Crippen molar-refractivity contribution < 1.29 is 4.43 Å². The first-order valence-electron chi connectivity index (χ1n) is 6.49. The highest BCUT2D eigenvalue weighted by molar-refractivity contribution is 6.74. The number of nitrogens with zero attached hydrogens (tertiary/aromatic N) is 2. The molecule has 0 radical (unpaired) electrons. The van der Waals surface area contributed by atoms with Gasteiger partial charge < -0.3 is 10.2 Å². The topological polar surface area (TPSA) is 53.1 Å². The molecule has 0 aliphatic carbocycles. The summed E-state index contributed by atoms with van der Waals surface area (Å²) in [5.41, 5.74) is 8.64. The van der Waals surface area contributed by atoms with Crippen molar-refractivity contribution in [3.8, 4) is 0 Å². The third-order valence-electron chi connectivity index (χ3n) is 4.01. The molecule has 0 saturated carbocycles. The Morgan fingerprint density at radius 1 is 1.28 bits per heavy atom. The number of rotatable bonds is 4. The van der Waals surface area contributed by atoms with Gasteiger partial charge in [-0.3, -0.25) is 4.68 Å². The average molecular weight is 269 g/mol. The molecule has 1 heterocycles. The fraction of sp³-hybridized carbons (Fsp3) is 0.769. The van der Waals surface area contributed by atoms with Crippen molar-refractivity contribution in [1.29, 1.82) is 0 Å². The van der Waals surface area contributed by atoms with Crippen LogP contribution in [0.5, 0.6) is 0 Å². The molecule has 0 aromatic carbocycles. The number of anilines is 1. The van der Waals surface area contributed by atoms with Gasteiger partial charge in [-0.05, 0) is 32.0 Å². The van der Waals surface area contributed by atoms with E-state index < -0.39 is 8.32 Å². The molecular formula is C13H27N3OSi. The van der Waals surface area contributed by atoms with Gasteiger partial charge in [0.2, 0.25) is 0 Å². The van der Waals surface area contributed by atoms with E-state index in [4.69, 9.17) is 10.2 Å². The lowest BCUT2D eigenvalue weighted by atomic mass is 10.2. The highest BCUT2D eigenvalue weighted by Crippen LogP contribution is 2.36. The molecule has 5 heteroatoms. The zero-order valence-electron chi connectivity index (χ0n) is 12.8. The molecule has 0 fully saturated rings. The number of hydrogen-bond donors (Lipinski definition) is 1. The van der Waals surface area contributed by atoms with Crippen molar-refractivity contribution in [2.45, 2.75) is 59.3 Å². The number of aryl methyl sites for hydroxylation is 1. The summed E-state index contributed by atoms with van der Waals surface area (Å²) < 4.78 is 8.08. The van der Waals surface area contributed by atoms with E-state index in [1.165, 1.54) is 0 Å². The predicted octanol–water partition coefficient (Wildman–Crippen LogP) is 3.10. The van der Waals surface area contributed by atoms with Gasteiger partial charge in [-0.15, -0.1) is 0 Å². The molecule has 0 saturated heterocycles. The van der Waals surface area contributed by atoms with Crippen LogP contribution in [0.3, 0.4) is 0 Å². The molecule has 1 aromatic rings. The molecule has 2 N–H and O–H groups in total. The molecule has 4 nitrogen and oxygen atoms in total. The molecular weight excluding hydrogens is 242 g/mol. The Bertz CT molecular complexity index is 419. The van der Waals surface area contributed by atoms with E-state index in [0.717, 1.165) is 23.6 Å². The number of nitrogens with two attached hydrogens (primary N) is 1. The minimum atomic E-state index is -1.66. The molecule has 0 spiro atoms. The normalized spacial score (nSPS) is 13.1. The van der Waals surface area contributed by atoms with E-state index in [2.05, 4.69) is 39.0 Å². The summed E-state index contributed by atoms with van der Waals surface area (Å²) in [6, 6.07) is 0. The van der Waals surface area contributed by atoms with Crippen LogP contribution >= 0.6 is 0 Å². The Morgan fingerprint density at radius 2 is 1.83 bits per heavy atom. The Kier molecular flexibility index (Phi) is 4.28. The summed E-state index contributed by atoms with van der Waals surface area (Å²) in [4.78, 5) is 0. The largest absolute Gasteiger partial charge is 0.415 e. The summed E-state index contributed by atoms with van der Waals surface area (Å²) >= 11 is 0. The molecule has 104 valence electrons. The van der Waals surface area contributed by atoms with E-state index in [0.29, 0.717) is 6.61 Å². The van der Waals surface area contributed by atoms with Crippen molar-refractivity contribution in [3.63, 3.8) is 0 Å². The van der Waals surface area contributed by atoms with Crippen LogP contribution in [0.4, 0.5) is 5.69 Å². The Labute approximate surface area is 112 Å². The van der Waals surface area contributed by atoms with Gasteiger partial charge in [0.25, 0.3) is 0 Å². The van der Waals surface area contributed by atoms with Crippen molar-refractivity contribution in [2.75, 3.05) is 12.3 Å². The lowest BCUT2D eigenvalue weighted by molar-refractivity contribution is 0.264. The van der Waals surface area contributed by atoms with E-state index in [1.807, 2.05) is 18.5 Å². The van der Waals surface area contributed by atoms with E-state index >= 15 is 0 Å². The molecule has 0 unspecified atom stereocenters. The molecule has 18 heavy (non-hydrogen) atoms. The highest BCUT2D eigenvalue weighted by Gasteiger charge is 2.36. The van der Waals surface area contributed by atoms with Crippen LogP contribution in [0, 0.1) is 13.8 Å². The van der Waals surface area contributed by atoms with E-state index in [9.17, 15) is 0 Å². The lowest BCUT2D eigenvalue weighted by Crippen LogP contribution is -2.41. The second-order valence-electron chi connectivity index (χ2n) is 6.42. The van der Waals surface area contributed by atoms with Crippen LogP contribution in [-0.2, 0) is 11.0 Å². The smallest absolute Gasteiger partial charge is 0.192 e. The molecule has 1 aromatic heterocycles. The highest BCUT2D eigenvalue weighted by atomic mass is 28.4. The molecule has 1 rings (SSSR count). The minimum absolute atomic E-state index is 0.251. The second kappa shape index (κ2) is 5.05. The van der Waals surface area contributed by atoms with Gasteiger partial charge in [0.1, 0.15) is 0 Å². The van der Waals surface area contributed by atoms with E-state index in [-0.39, 0.29) is 5.04 Å². The molecule has 0 aliphatic heterocycles. The minimum Gasteiger partial charge on any atom is -0.415 e. The second-order valence-corrected chi connectivity index (χ2v) is 11.2. The third kappa shape index (κ3) is 3.14. The van der Waals surface area contributed by atoms with Crippen LogP contribution in [0.15, 0.2) is 0 Å². The summed E-state index contributed by atoms with van der Waals surface area (Å²) in [5, 5.41) is 4.67. The molecule has 0 atom stereocenters. The van der Waals surface area contributed by atoms with Crippen LogP contribution in [-0.4, -0.2) is 24.7 Å². The molecule has 0 aliphatic rings. The fourth-order valence-corrected chi connectivity index (χ4v) is 2.57. The monoisotopic (exact) mass is 269 g/mol. The van der Waals surface area contributed by atoms with Crippen LogP contribution in [0.2, 0.25) is 18.1 Å². The Balaban J connectivity index is 2.60. The first-order valence-corrected chi connectivity index (χ1v) is 9.40. The van der Waals surface area contributed by atoms with Crippen LogP contribution in [0.25, 0.3) is 0 Å². The van der Waals surface area contributed by atoms with Gasteiger partial charge in [0.05, 0.1) is 30.2 Å². The number of aromatic nitrogens is 2. The van der Waals surface area contributed by atoms with Gasteiger partial charge in [0, 0.05) is 0 Å². The maximum absolute atomic E-state index is 6.14. The summed E-state index contributed by atoms with van der Waals surface area (Å²) in [5.74, 6) is 0. The molecule has 0 amide bonds. The van der Waals surface area contributed by atoms with Crippen molar-refractivity contribution in [3.05, 3.63) is 11.4 Å². The number of hydrogen-bond acceptors (Lipinski definition) is 3. The summed E-state index contributed by atoms with van der Waals surface area (Å²) in [6.07, 6.45) is 0. The summed E-state index contributed by atoms with van der Waals surface area (Å²) in [6.45, 7) is 16.7. The Hall–Kier alpha value is -0.813. The first-order chi connectivity index (χ1) is 8.06. The van der Waals surface area contributed by atoms with Gasteiger partial charge >= 0.3 is 0 Å². The fourth-order valence-electron chi connectivity index (χ4n) is 1.53. The van der Waals surface area contributed by atoms with E-state index in [1.54, 1.807) is 0 Å². The average Bonchev–Trinajstić information content (AvgIpc) is 2.44. The first kappa shape index (κ1) is 15.2. The van der Waals surface area contributed by atoms with Crippen LogP contribution < -0.4 is 5.73 Å². The predicted molar refractivity (Wildman–Crippen MR) is 79.3 cm³/mol. The van der Waals surface area contributed by atoms with Crippen molar-refractivity contribution >= 4 is 14.0 Å². The standard InChI is InChI=1S/C13H27N3OSi/c1-10-12(14)11(2)16(15-10)8-9-17-18(6,7)13(3,4)5/h8-9,14H2,1-7H3. The maximum atomic E-state index is 6.14. The lowest BCUT2D eigenvalue weighted by Gasteiger charge is -2.36.